The van der Waals surface area contributed by atoms with E-state index in [4.69, 9.17) is 9.47 Å². The number of para-hydroxylation sites is 2. The van der Waals surface area contributed by atoms with E-state index >= 15 is 0 Å². The Morgan fingerprint density at radius 3 is 2.83 bits per heavy atom. The molecule has 2 atom stereocenters. The molecule has 0 spiro atoms. The number of benzene rings is 1. The van der Waals surface area contributed by atoms with Crippen LogP contribution < -0.4 is 14.8 Å². The Kier molecular flexibility index (Phi) is 6.54. The van der Waals surface area contributed by atoms with Crippen LogP contribution in [-0.4, -0.2) is 49.7 Å². The number of rotatable bonds is 5. The SMILES string of the molecule is CCCN(CC1COc2ccccc2O1)C(=O)C1CCNC1.Cl. The first kappa shape index (κ1) is 17.9. The highest BCUT2D eigenvalue weighted by Crippen LogP contribution is 2.31. The lowest BCUT2D eigenvalue weighted by atomic mass is 10.1. The average molecular weight is 341 g/mol. The second-order valence-corrected chi connectivity index (χ2v) is 5.97. The summed E-state index contributed by atoms with van der Waals surface area (Å²) in [5.41, 5.74) is 0. The molecular weight excluding hydrogens is 316 g/mol. The largest absolute Gasteiger partial charge is 0.486 e. The smallest absolute Gasteiger partial charge is 0.227 e. The van der Waals surface area contributed by atoms with E-state index in [1.54, 1.807) is 0 Å². The van der Waals surface area contributed by atoms with Crippen molar-refractivity contribution in [3.05, 3.63) is 24.3 Å². The molecule has 1 N–H and O–H groups in total. The minimum Gasteiger partial charge on any atom is -0.486 e. The molecule has 2 aliphatic heterocycles. The van der Waals surface area contributed by atoms with Crippen LogP contribution in [0, 0.1) is 5.92 Å². The maximum atomic E-state index is 12.6. The predicted molar refractivity (Wildman–Crippen MR) is 91.4 cm³/mol. The van der Waals surface area contributed by atoms with E-state index in [9.17, 15) is 4.79 Å². The molecule has 6 heteroatoms. The van der Waals surface area contributed by atoms with Crippen molar-refractivity contribution in [3.8, 4) is 11.5 Å². The Labute approximate surface area is 143 Å². The lowest BCUT2D eigenvalue weighted by Crippen LogP contribution is -2.46. The summed E-state index contributed by atoms with van der Waals surface area (Å²) in [6.07, 6.45) is 1.79. The monoisotopic (exact) mass is 340 g/mol. The molecule has 128 valence electrons. The number of halogens is 1. The van der Waals surface area contributed by atoms with Crippen molar-refractivity contribution in [1.29, 1.82) is 0 Å². The van der Waals surface area contributed by atoms with Gasteiger partial charge in [-0.05, 0) is 31.5 Å². The van der Waals surface area contributed by atoms with Gasteiger partial charge in [0.25, 0.3) is 0 Å². The number of carbonyl (C=O) groups excluding carboxylic acids is 1. The van der Waals surface area contributed by atoms with Gasteiger partial charge in [0.2, 0.25) is 5.91 Å². The Bertz CT molecular complexity index is 520. The van der Waals surface area contributed by atoms with Crippen molar-refractivity contribution in [3.63, 3.8) is 0 Å². The summed E-state index contributed by atoms with van der Waals surface area (Å²) in [5, 5.41) is 3.26. The van der Waals surface area contributed by atoms with E-state index in [1.165, 1.54) is 0 Å². The van der Waals surface area contributed by atoms with Gasteiger partial charge in [0.1, 0.15) is 6.61 Å². The summed E-state index contributed by atoms with van der Waals surface area (Å²) in [6.45, 7) is 5.69. The molecule has 2 heterocycles. The van der Waals surface area contributed by atoms with Gasteiger partial charge in [0.05, 0.1) is 12.5 Å². The maximum absolute atomic E-state index is 12.6. The number of nitrogens with zero attached hydrogens (tertiary/aromatic N) is 1. The molecule has 2 unspecified atom stereocenters. The van der Waals surface area contributed by atoms with Gasteiger partial charge in [0, 0.05) is 13.1 Å². The second-order valence-electron chi connectivity index (χ2n) is 5.97. The molecule has 0 aliphatic carbocycles. The molecule has 0 bridgehead atoms. The number of nitrogens with one attached hydrogen (secondary N) is 1. The first-order chi connectivity index (χ1) is 10.8. The number of ether oxygens (including phenoxy) is 2. The third-order valence-electron chi connectivity index (χ3n) is 4.21. The Morgan fingerprint density at radius 2 is 2.13 bits per heavy atom. The van der Waals surface area contributed by atoms with Gasteiger partial charge in [0.15, 0.2) is 17.6 Å². The summed E-state index contributed by atoms with van der Waals surface area (Å²) in [5.74, 6) is 1.91. The van der Waals surface area contributed by atoms with Gasteiger partial charge in [-0.25, -0.2) is 0 Å². The first-order valence-corrected chi connectivity index (χ1v) is 8.16. The highest BCUT2D eigenvalue weighted by Gasteiger charge is 2.30. The number of amides is 1. The molecule has 1 aromatic rings. The van der Waals surface area contributed by atoms with Crippen LogP contribution in [0.5, 0.6) is 11.5 Å². The molecular formula is C17H25ClN2O3. The van der Waals surface area contributed by atoms with Crippen molar-refractivity contribution in [1.82, 2.24) is 10.2 Å². The van der Waals surface area contributed by atoms with Crippen molar-refractivity contribution in [2.24, 2.45) is 5.92 Å². The number of fused-ring (bicyclic) bond motifs is 1. The highest BCUT2D eigenvalue weighted by atomic mass is 35.5. The zero-order valence-corrected chi connectivity index (χ0v) is 14.3. The molecule has 1 amide bonds. The summed E-state index contributed by atoms with van der Waals surface area (Å²) < 4.78 is 11.7. The van der Waals surface area contributed by atoms with Crippen LogP contribution in [0.15, 0.2) is 24.3 Å². The van der Waals surface area contributed by atoms with E-state index in [2.05, 4.69) is 12.2 Å². The van der Waals surface area contributed by atoms with Crippen LogP contribution in [0.4, 0.5) is 0 Å². The van der Waals surface area contributed by atoms with Crippen LogP contribution in [0.2, 0.25) is 0 Å². The normalized spacial score (nSPS) is 22.3. The third-order valence-corrected chi connectivity index (χ3v) is 4.21. The zero-order chi connectivity index (χ0) is 15.4. The topological polar surface area (TPSA) is 50.8 Å². The van der Waals surface area contributed by atoms with E-state index < -0.39 is 0 Å². The van der Waals surface area contributed by atoms with Gasteiger partial charge in [-0.1, -0.05) is 19.1 Å². The molecule has 1 saturated heterocycles. The van der Waals surface area contributed by atoms with Crippen molar-refractivity contribution in [2.75, 3.05) is 32.8 Å². The standard InChI is InChI=1S/C17H24N2O3.ClH/c1-2-9-19(17(20)13-7-8-18-10-13)11-14-12-21-15-5-3-4-6-16(15)22-14;/h3-6,13-14,18H,2,7-12H2,1H3;1H. The van der Waals surface area contributed by atoms with Crippen molar-refractivity contribution < 1.29 is 14.3 Å². The predicted octanol–water partition coefficient (Wildman–Crippen LogP) is 2.10. The van der Waals surface area contributed by atoms with E-state index in [0.29, 0.717) is 13.2 Å². The molecule has 2 aliphatic rings. The fourth-order valence-corrected chi connectivity index (χ4v) is 3.08. The minimum absolute atomic E-state index is 0. The number of carbonyl (C=O) groups is 1. The van der Waals surface area contributed by atoms with Gasteiger partial charge in [-0.2, -0.15) is 0 Å². The zero-order valence-electron chi connectivity index (χ0n) is 13.5. The number of hydrogen-bond acceptors (Lipinski definition) is 4. The third kappa shape index (κ3) is 4.30. The van der Waals surface area contributed by atoms with Gasteiger partial charge >= 0.3 is 0 Å². The maximum Gasteiger partial charge on any atom is 0.227 e. The van der Waals surface area contributed by atoms with Crippen LogP contribution >= 0.6 is 12.4 Å². The van der Waals surface area contributed by atoms with Gasteiger partial charge < -0.3 is 19.7 Å². The van der Waals surface area contributed by atoms with E-state index in [-0.39, 0.29) is 30.3 Å². The quantitative estimate of drug-likeness (QED) is 0.891. The molecule has 23 heavy (non-hydrogen) atoms. The molecule has 0 saturated carbocycles. The molecule has 0 radical (unpaired) electrons. The first-order valence-electron chi connectivity index (χ1n) is 8.16. The van der Waals surface area contributed by atoms with Crippen LogP contribution in [-0.2, 0) is 4.79 Å². The molecule has 1 fully saturated rings. The highest BCUT2D eigenvalue weighted by molar-refractivity contribution is 5.85. The summed E-state index contributed by atoms with van der Waals surface area (Å²) in [7, 11) is 0. The molecule has 3 rings (SSSR count). The second kappa shape index (κ2) is 8.41. The summed E-state index contributed by atoms with van der Waals surface area (Å²) >= 11 is 0. The molecule has 5 nitrogen and oxygen atoms in total. The summed E-state index contributed by atoms with van der Waals surface area (Å²) in [6, 6.07) is 7.69. The van der Waals surface area contributed by atoms with E-state index in [0.717, 1.165) is 44.0 Å². The Hall–Kier alpha value is -1.46. The Balaban J connectivity index is 0.00000192. The van der Waals surface area contributed by atoms with Crippen molar-refractivity contribution in [2.45, 2.75) is 25.9 Å². The average Bonchev–Trinajstić information content (AvgIpc) is 3.08. The van der Waals surface area contributed by atoms with Crippen LogP contribution in [0.3, 0.4) is 0 Å². The van der Waals surface area contributed by atoms with Crippen LogP contribution in [0.25, 0.3) is 0 Å². The number of hydrogen-bond donors (Lipinski definition) is 1. The molecule has 1 aromatic carbocycles. The van der Waals surface area contributed by atoms with Crippen molar-refractivity contribution >= 4 is 18.3 Å². The molecule has 0 aromatic heterocycles. The minimum atomic E-state index is -0.0974. The Morgan fingerprint density at radius 1 is 1.35 bits per heavy atom. The fourth-order valence-electron chi connectivity index (χ4n) is 3.08. The van der Waals surface area contributed by atoms with Crippen LogP contribution in [0.1, 0.15) is 19.8 Å². The van der Waals surface area contributed by atoms with E-state index in [1.807, 2.05) is 29.2 Å². The van der Waals surface area contributed by atoms with Gasteiger partial charge in [-0.15, -0.1) is 12.4 Å². The lowest BCUT2D eigenvalue weighted by molar-refractivity contribution is -0.136. The van der Waals surface area contributed by atoms with Gasteiger partial charge in [-0.3, -0.25) is 4.79 Å². The summed E-state index contributed by atoms with van der Waals surface area (Å²) in [4.78, 5) is 14.6. The lowest BCUT2D eigenvalue weighted by Gasteiger charge is -2.32. The fraction of sp³-hybridized carbons (Fsp3) is 0.588.